The molecule has 1 heterocycles. The molecule has 1 saturated carbocycles. The van der Waals surface area contributed by atoms with Crippen molar-refractivity contribution in [3.8, 4) is 0 Å². The number of ether oxygens (including phenoxy) is 1. The molecule has 7 nitrogen and oxygen atoms in total. The van der Waals surface area contributed by atoms with Crippen LogP contribution in [0.15, 0.2) is 24.3 Å². The monoisotopic (exact) mass is 345 g/mol. The van der Waals surface area contributed by atoms with Crippen molar-refractivity contribution >= 4 is 23.6 Å². The van der Waals surface area contributed by atoms with Gasteiger partial charge in [0.2, 0.25) is 5.91 Å². The fourth-order valence-electron chi connectivity index (χ4n) is 3.43. The van der Waals surface area contributed by atoms with Crippen LogP contribution in [0.25, 0.3) is 0 Å². The quantitative estimate of drug-likeness (QED) is 0.847. The second kappa shape index (κ2) is 7.55. The van der Waals surface area contributed by atoms with Crippen molar-refractivity contribution in [2.45, 2.75) is 25.7 Å². The third-order valence-corrected chi connectivity index (χ3v) is 4.98. The number of nitrogens with two attached hydrogens (primary N) is 1. The molecule has 2 fully saturated rings. The van der Waals surface area contributed by atoms with Gasteiger partial charge in [0.25, 0.3) is 5.91 Å². The van der Waals surface area contributed by atoms with Crippen molar-refractivity contribution in [2.75, 3.05) is 24.6 Å². The highest BCUT2D eigenvalue weighted by Crippen LogP contribution is 2.28. The number of cyclic esters (lactones) is 1. The summed E-state index contributed by atoms with van der Waals surface area (Å²) in [5.74, 6) is -0.0358. The van der Waals surface area contributed by atoms with Gasteiger partial charge in [-0.15, -0.1) is 0 Å². The molecule has 1 aliphatic heterocycles. The summed E-state index contributed by atoms with van der Waals surface area (Å²) in [6.07, 6.45) is 3.00. The maximum atomic E-state index is 12.4. The minimum absolute atomic E-state index is 0.0242. The molecule has 0 bridgehead atoms. The van der Waals surface area contributed by atoms with Crippen LogP contribution in [0, 0.1) is 11.8 Å². The summed E-state index contributed by atoms with van der Waals surface area (Å²) >= 11 is 0. The Labute approximate surface area is 146 Å². The molecule has 3 amide bonds. The number of amides is 3. The molecule has 1 aliphatic carbocycles. The Morgan fingerprint density at radius 2 is 2.00 bits per heavy atom. The Morgan fingerprint density at radius 3 is 2.64 bits per heavy atom. The highest BCUT2D eigenvalue weighted by Gasteiger charge is 2.26. The molecule has 0 aromatic heterocycles. The van der Waals surface area contributed by atoms with E-state index in [4.69, 9.17) is 10.5 Å². The van der Waals surface area contributed by atoms with Crippen LogP contribution in [-0.2, 0) is 9.53 Å². The van der Waals surface area contributed by atoms with Crippen molar-refractivity contribution < 1.29 is 19.1 Å². The van der Waals surface area contributed by atoms with Gasteiger partial charge in [0.05, 0.1) is 6.54 Å². The molecule has 3 N–H and O–H groups in total. The smallest absolute Gasteiger partial charge is 0.414 e. The number of benzene rings is 1. The van der Waals surface area contributed by atoms with E-state index >= 15 is 0 Å². The Hall–Kier alpha value is -2.57. The van der Waals surface area contributed by atoms with Crippen LogP contribution >= 0.6 is 0 Å². The van der Waals surface area contributed by atoms with E-state index in [0.717, 1.165) is 25.7 Å². The van der Waals surface area contributed by atoms with E-state index in [1.807, 2.05) is 0 Å². The minimum atomic E-state index is -0.385. The zero-order valence-corrected chi connectivity index (χ0v) is 14.1. The number of nitrogens with one attached hydrogen (secondary N) is 1. The first kappa shape index (κ1) is 17.3. The molecular weight excluding hydrogens is 322 g/mol. The molecule has 1 aromatic rings. The van der Waals surface area contributed by atoms with Crippen LogP contribution in [0.3, 0.4) is 0 Å². The molecule has 7 heteroatoms. The number of rotatable bonds is 5. The maximum absolute atomic E-state index is 12.4. The molecule has 1 aromatic carbocycles. The zero-order chi connectivity index (χ0) is 17.8. The van der Waals surface area contributed by atoms with Crippen molar-refractivity contribution in [3.05, 3.63) is 29.8 Å². The number of carbonyl (C=O) groups excluding carboxylic acids is 3. The number of nitrogens with zero attached hydrogens (tertiary/aromatic N) is 1. The molecule has 134 valence electrons. The Kier molecular flexibility index (Phi) is 5.21. The van der Waals surface area contributed by atoms with E-state index in [9.17, 15) is 14.4 Å². The maximum Gasteiger partial charge on any atom is 0.414 e. The highest BCUT2D eigenvalue weighted by atomic mass is 16.6. The summed E-state index contributed by atoms with van der Waals surface area (Å²) in [4.78, 5) is 36.7. The lowest BCUT2D eigenvalue weighted by molar-refractivity contribution is -0.122. The largest absolute Gasteiger partial charge is 0.447 e. The van der Waals surface area contributed by atoms with Gasteiger partial charge >= 0.3 is 6.09 Å². The number of carbonyl (C=O) groups is 3. The van der Waals surface area contributed by atoms with Gasteiger partial charge in [-0.25, -0.2) is 4.79 Å². The number of hydrogen-bond donors (Lipinski definition) is 2. The lowest BCUT2D eigenvalue weighted by Crippen LogP contribution is -2.34. The number of hydrogen-bond acceptors (Lipinski definition) is 4. The van der Waals surface area contributed by atoms with Crippen molar-refractivity contribution in [2.24, 2.45) is 17.6 Å². The molecule has 0 spiro atoms. The Bertz CT molecular complexity index is 668. The summed E-state index contributed by atoms with van der Waals surface area (Å²) in [7, 11) is 0. The van der Waals surface area contributed by atoms with Gasteiger partial charge in [-0.2, -0.15) is 0 Å². The zero-order valence-electron chi connectivity index (χ0n) is 14.1. The van der Waals surface area contributed by atoms with Gasteiger partial charge in [-0.3, -0.25) is 14.5 Å². The van der Waals surface area contributed by atoms with Gasteiger partial charge in [0.15, 0.2) is 0 Å². The van der Waals surface area contributed by atoms with Crippen LogP contribution in [0.2, 0.25) is 0 Å². The topological polar surface area (TPSA) is 102 Å². The molecule has 0 radical (unpaired) electrons. The van der Waals surface area contributed by atoms with Crippen LogP contribution in [0.4, 0.5) is 10.5 Å². The first-order valence-electron chi connectivity index (χ1n) is 8.66. The van der Waals surface area contributed by atoms with Crippen molar-refractivity contribution in [3.63, 3.8) is 0 Å². The lowest BCUT2D eigenvalue weighted by Gasteiger charge is -2.26. The van der Waals surface area contributed by atoms with Gasteiger partial charge in [0, 0.05) is 23.7 Å². The SMILES string of the molecule is NC(=O)C1CCC(CNC(=O)c2cccc(N3CCOC3=O)c2)CC1. The molecule has 0 atom stereocenters. The normalized spacial score (nSPS) is 23.2. The fourth-order valence-corrected chi connectivity index (χ4v) is 3.43. The van der Waals surface area contributed by atoms with Gasteiger partial charge in [0.1, 0.15) is 6.61 Å². The molecule has 2 aliphatic rings. The van der Waals surface area contributed by atoms with Crippen molar-refractivity contribution in [1.29, 1.82) is 0 Å². The molecule has 25 heavy (non-hydrogen) atoms. The van der Waals surface area contributed by atoms with Crippen LogP contribution in [-0.4, -0.2) is 37.6 Å². The third kappa shape index (κ3) is 4.10. The molecule has 0 unspecified atom stereocenters. The van der Waals surface area contributed by atoms with E-state index in [2.05, 4.69) is 5.32 Å². The second-order valence-corrected chi connectivity index (χ2v) is 6.65. The standard InChI is InChI=1S/C18H23N3O4/c19-16(22)13-6-4-12(5-7-13)11-20-17(23)14-2-1-3-15(10-14)21-8-9-25-18(21)24/h1-3,10,12-13H,4-9,11H2,(H2,19,22)(H,20,23). The van der Waals surface area contributed by atoms with E-state index in [1.54, 1.807) is 24.3 Å². The van der Waals surface area contributed by atoms with Crippen LogP contribution < -0.4 is 16.0 Å². The Morgan fingerprint density at radius 1 is 1.24 bits per heavy atom. The second-order valence-electron chi connectivity index (χ2n) is 6.65. The van der Waals surface area contributed by atoms with E-state index in [1.165, 1.54) is 4.90 Å². The lowest BCUT2D eigenvalue weighted by atomic mass is 9.81. The predicted molar refractivity (Wildman–Crippen MR) is 92.1 cm³/mol. The molecular formula is C18H23N3O4. The van der Waals surface area contributed by atoms with Crippen LogP contribution in [0.5, 0.6) is 0 Å². The van der Waals surface area contributed by atoms with Gasteiger partial charge in [-0.05, 0) is 49.8 Å². The summed E-state index contributed by atoms with van der Waals surface area (Å²) in [5, 5.41) is 2.95. The molecule has 1 saturated heterocycles. The highest BCUT2D eigenvalue weighted by molar-refractivity contribution is 5.97. The summed E-state index contributed by atoms with van der Waals surface area (Å²) in [6, 6.07) is 6.97. The third-order valence-electron chi connectivity index (χ3n) is 4.98. The minimum Gasteiger partial charge on any atom is -0.447 e. The van der Waals surface area contributed by atoms with E-state index in [-0.39, 0.29) is 23.8 Å². The first-order chi connectivity index (χ1) is 12.0. The average molecular weight is 345 g/mol. The molecule has 3 rings (SSSR count). The van der Waals surface area contributed by atoms with Gasteiger partial charge < -0.3 is 15.8 Å². The Balaban J connectivity index is 1.53. The van der Waals surface area contributed by atoms with E-state index < -0.39 is 0 Å². The first-order valence-corrected chi connectivity index (χ1v) is 8.66. The number of primary amides is 1. The fraction of sp³-hybridized carbons (Fsp3) is 0.500. The van der Waals surface area contributed by atoms with Crippen molar-refractivity contribution in [1.82, 2.24) is 5.32 Å². The summed E-state index contributed by atoms with van der Waals surface area (Å²) in [5.41, 5.74) is 6.52. The average Bonchev–Trinajstić information content (AvgIpc) is 3.06. The van der Waals surface area contributed by atoms with Gasteiger partial charge in [-0.1, -0.05) is 6.07 Å². The van der Waals surface area contributed by atoms with Crippen LogP contribution in [0.1, 0.15) is 36.0 Å². The van der Waals surface area contributed by atoms with E-state index in [0.29, 0.717) is 36.9 Å². The summed E-state index contributed by atoms with van der Waals surface area (Å²) < 4.78 is 4.93. The predicted octanol–water partition coefficient (Wildman–Crippen LogP) is 1.66. The summed E-state index contributed by atoms with van der Waals surface area (Å²) in [6.45, 7) is 1.44. The number of anilines is 1.